The van der Waals surface area contributed by atoms with Crippen molar-refractivity contribution in [2.45, 2.75) is 43.9 Å². The molecule has 1 saturated carbocycles. The summed E-state index contributed by atoms with van der Waals surface area (Å²) in [6.45, 7) is 2.48. The van der Waals surface area contributed by atoms with Crippen LogP contribution in [0.25, 0.3) is 0 Å². The van der Waals surface area contributed by atoms with Gasteiger partial charge in [-0.25, -0.2) is 4.79 Å². The van der Waals surface area contributed by atoms with Gasteiger partial charge in [-0.2, -0.15) is 11.8 Å². The molecule has 0 saturated heterocycles. The lowest BCUT2D eigenvalue weighted by atomic mass is 9.95. The second-order valence-corrected chi connectivity index (χ2v) is 5.55. The van der Waals surface area contributed by atoms with E-state index < -0.39 is 0 Å². The normalized spacial score (nSPS) is 24.5. The fourth-order valence-corrected chi connectivity index (χ4v) is 3.20. The third kappa shape index (κ3) is 4.80. The van der Waals surface area contributed by atoms with Crippen LogP contribution in [0.2, 0.25) is 0 Å². The van der Waals surface area contributed by atoms with Gasteiger partial charge >= 0.3 is 6.03 Å². The van der Waals surface area contributed by atoms with Crippen LogP contribution in [0, 0.1) is 12.3 Å². The maximum atomic E-state index is 11.4. The molecule has 2 N–H and O–H groups in total. The van der Waals surface area contributed by atoms with Crippen molar-refractivity contribution in [3.63, 3.8) is 0 Å². The molecule has 0 aliphatic heterocycles. The number of rotatable bonds is 4. The minimum absolute atomic E-state index is 0.134. The Balaban J connectivity index is 2.26. The predicted octanol–water partition coefficient (Wildman–Crippen LogP) is 1.98. The first-order chi connectivity index (χ1) is 7.76. The Bertz CT molecular complexity index is 260. The molecular formula is C12H20N2OS. The summed E-state index contributed by atoms with van der Waals surface area (Å²) in [4.78, 5) is 11.4. The summed E-state index contributed by atoms with van der Waals surface area (Å²) in [5.74, 6) is 3.54. The van der Waals surface area contributed by atoms with E-state index in [4.69, 9.17) is 6.42 Å². The predicted molar refractivity (Wildman–Crippen MR) is 69.5 cm³/mol. The summed E-state index contributed by atoms with van der Waals surface area (Å²) in [7, 11) is 0. The molecule has 1 aliphatic carbocycles. The van der Waals surface area contributed by atoms with E-state index in [0.717, 1.165) is 18.6 Å². The zero-order chi connectivity index (χ0) is 11.8. The smallest absolute Gasteiger partial charge is 0.315 e. The van der Waals surface area contributed by atoms with E-state index >= 15 is 0 Å². The van der Waals surface area contributed by atoms with Gasteiger partial charge in [0.15, 0.2) is 0 Å². The lowest BCUT2D eigenvalue weighted by Crippen LogP contribution is -2.44. The highest BCUT2D eigenvalue weighted by Crippen LogP contribution is 2.28. The fraction of sp³-hybridized carbons (Fsp3) is 0.750. The van der Waals surface area contributed by atoms with Crippen LogP contribution in [-0.2, 0) is 0 Å². The van der Waals surface area contributed by atoms with E-state index in [1.54, 1.807) is 0 Å². The summed E-state index contributed by atoms with van der Waals surface area (Å²) in [6.07, 6.45) is 9.74. The molecule has 1 aliphatic rings. The van der Waals surface area contributed by atoms with E-state index in [1.165, 1.54) is 12.8 Å². The van der Waals surface area contributed by atoms with Crippen LogP contribution in [0.3, 0.4) is 0 Å². The first-order valence-electron chi connectivity index (χ1n) is 5.85. The number of terminal acetylenes is 1. The Morgan fingerprint density at radius 2 is 2.38 bits per heavy atom. The molecule has 16 heavy (non-hydrogen) atoms. The van der Waals surface area contributed by atoms with Crippen molar-refractivity contribution in [1.29, 1.82) is 0 Å². The Labute approximate surface area is 102 Å². The minimum atomic E-state index is -0.134. The number of carbonyl (C=O) groups excluding carboxylic acids is 1. The van der Waals surface area contributed by atoms with Crippen molar-refractivity contribution in [2.24, 2.45) is 0 Å². The third-order valence-corrected chi connectivity index (χ3v) is 3.95. The molecule has 90 valence electrons. The first-order valence-corrected chi connectivity index (χ1v) is 6.90. The molecule has 0 radical (unpaired) electrons. The van der Waals surface area contributed by atoms with Gasteiger partial charge in [-0.1, -0.05) is 19.3 Å². The van der Waals surface area contributed by atoms with Crippen molar-refractivity contribution < 1.29 is 4.79 Å². The summed E-state index contributed by atoms with van der Waals surface area (Å²) in [6, 6.07) is 0.181. The highest BCUT2D eigenvalue weighted by molar-refractivity contribution is 7.99. The summed E-state index contributed by atoms with van der Waals surface area (Å²) in [5.41, 5.74) is 0. The monoisotopic (exact) mass is 240 g/mol. The fourth-order valence-electron chi connectivity index (χ4n) is 2.03. The lowest BCUT2D eigenvalue weighted by molar-refractivity contribution is 0.234. The molecule has 1 rings (SSSR count). The van der Waals surface area contributed by atoms with E-state index in [0.29, 0.717) is 17.8 Å². The van der Waals surface area contributed by atoms with Crippen LogP contribution >= 0.6 is 11.8 Å². The highest BCUT2D eigenvalue weighted by atomic mass is 32.2. The van der Waals surface area contributed by atoms with E-state index in [2.05, 4.69) is 23.5 Å². The minimum Gasteiger partial charge on any atom is -0.335 e. The van der Waals surface area contributed by atoms with Crippen molar-refractivity contribution in [3.05, 3.63) is 0 Å². The van der Waals surface area contributed by atoms with Gasteiger partial charge in [0.25, 0.3) is 0 Å². The molecular weight excluding hydrogens is 220 g/mol. The number of thioether (sulfide) groups is 1. The van der Waals surface area contributed by atoms with E-state index in [9.17, 15) is 4.79 Å². The lowest BCUT2D eigenvalue weighted by Gasteiger charge is -2.29. The number of carbonyl (C=O) groups is 1. The Morgan fingerprint density at radius 3 is 3.06 bits per heavy atom. The summed E-state index contributed by atoms with van der Waals surface area (Å²) < 4.78 is 0. The molecule has 0 aromatic heterocycles. The van der Waals surface area contributed by atoms with Crippen molar-refractivity contribution in [3.8, 4) is 12.3 Å². The van der Waals surface area contributed by atoms with Crippen LogP contribution in [0.4, 0.5) is 4.79 Å². The van der Waals surface area contributed by atoms with Crippen LogP contribution < -0.4 is 10.6 Å². The number of urea groups is 1. The SMILES string of the molecule is C#CCNC(=O)N[C@@H]1CCC[C@H](SCC)C1. The highest BCUT2D eigenvalue weighted by Gasteiger charge is 2.22. The van der Waals surface area contributed by atoms with Gasteiger partial charge in [0.05, 0.1) is 6.54 Å². The Morgan fingerprint density at radius 1 is 1.56 bits per heavy atom. The maximum Gasteiger partial charge on any atom is 0.315 e. The van der Waals surface area contributed by atoms with Crippen LogP contribution in [0.5, 0.6) is 0 Å². The Kier molecular flexibility index (Phi) is 6.17. The average molecular weight is 240 g/mol. The molecule has 3 nitrogen and oxygen atoms in total. The molecule has 2 amide bonds. The van der Waals surface area contributed by atoms with E-state index in [-0.39, 0.29) is 6.03 Å². The van der Waals surface area contributed by atoms with Gasteiger partial charge in [0.2, 0.25) is 0 Å². The second-order valence-electron chi connectivity index (χ2n) is 3.97. The van der Waals surface area contributed by atoms with Gasteiger partial charge in [0, 0.05) is 11.3 Å². The van der Waals surface area contributed by atoms with Crippen LogP contribution in [0.1, 0.15) is 32.6 Å². The number of amides is 2. The topological polar surface area (TPSA) is 41.1 Å². The second kappa shape index (κ2) is 7.45. The summed E-state index contributed by atoms with van der Waals surface area (Å²) >= 11 is 2.00. The summed E-state index contributed by atoms with van der Waals surface area (Å²) in [5, 5.41) is 6.32. The molecule has 0 unspecified atom stereocenters. The number of hydrogen-bond acceptors (Lipinski definition) is 2. The third-order valence-electron chi connectivity index (χ3n) is 2.71. The van der Waals surface area contributed by atoms with Gasteiger partial charge in [-0.3, -0.25) is 0 Å². The largest absolute Gasteiger partial charge is 0.335 e. The van der Waals surface area contributed by atoms with E-state index in [1.807, 2.05) is 11.8 Å². The van der Waals surface area contributed by atoms with Gasteiger partial charge < -0.3 is 10.6 Å². The first kappa shape index (κ1) is 13.2. The van der Waals surface area contributed by atoms with Crippen molar-refractivity contribution in [2.75, 3.05) is 12.3 Å². The van der Waals surface area contributed by atoms with Crippen LogP contribution in [-0.4, -0.2) is 29.6 Å². The van der Waals surface area contributed by atoms with Gasteiger partial charge in [-0.05, 0) is 25.0 Å². The van der Waals surface area contributed by atoms with Crippen LogP contribution in [0.15, 0.2) is 0 Å². The molecule has 0 bridgehead atoms. The molecule has 0 aromatic carbocycles. The van der Waals surface area contributed by atoms with Gasteiger partial charge in [0.1, 0.15) is 0 Å². The van der Waals surface area contributed by atoms with Gasteiger partial charge in [-0.15, -0.1) is 6.42 Å². The van der Waals surface area contributed by atoms with Crippen molar-refractivity contribution in [1.82, 2.24) is 10.6 Å². The number of nitrogens with one attached hydrogen (secondary N) is 2. The molecule has 0 heterocycles. The Hall–Kier alpha value is -0.820. The average Bonchev–Trinajstić information content (AvgIpc) is 2.27. The molecule has 0 spiro atoms. The maximum absolute atomic E-state index is 11.4. The molecule has 0 aromatic rings. The zero-order valence-corrected chi connectivity index (χ0v) is 10.6. The zero-order valence-electron chi connectivity index (χ0n) is 9.79. The molecule has 2 atom stereocenters. The molecule has 4 heteroatoms. The standard InChI is InChI=1S/C12H20N2OS/c1-3-8-13-12(15)14-10-6-5-7-11(9-10)16-4-2/h1,10-11H,4-9H2,2H3,(H2,13,14,15)/t10-,11+/m1/s1. The van der Waals surface area contributed by atoms with Crippen molar-refractivity contribution >= 4 is 17.8 Å². The molecule has 1 fully saturated rings. The quantitative estimate of drug-likeness (QED) is 0.738. The number of hydrogen-bond donors (Lipinski definition) is 2.